The van der Waals surface area contributed by atoms with Crippen LogP contribution >= 0.6 is 0 Å². The highest BCUT2D eigenvalue weighted by Crippen LogP contribution is 2.18. The maximum Gasteiger partial charge on any atom is 0.416 e. The van der Waals surface area contributed by atoms with Gasteiger partial charge in [-0.25, -0.2) is 19.0 Å². The van der Waals surface area contributed by atoms with E-state index in [9.17, 15) is 14.4 Å². The minimum atomic E-state index is -0.722. The number of imidazole rings is 1. The van der Waals surface area contributed by atoms with Gasteiger partial charge in [0.15, 0.2) is 5.69 Å². The number of rotatable bonds is 5. The summed E-state index contributed by atoms with van der Waals surface area (Å²) in [5.41, 5.74) is 0.150. The van der Waals surface area contributed by atoms with Crippen LogP contribution < -0.4 is 33.9 Å². The number of methoxy groups -OCH3 is 1. The Morgan fingerprint density at radius 2 is 2.04 bits per heavy atom. The van der Waals surface area contributed by atoms with Gasteiger partial charge in [0.2, 0.25) is 0 Å². The van der Waals surface area contributed by atoms with Gasteiger partial charge in [-0.05, 0) is 27.7 Å². The number of ether oxygens (including phenoxy) is 2. The van der Waals surface area contributed by atoms with E-state index in [1.165, 1.54) is 16.6 Å². The number of nitrogens with zero attached hydrogens (tertiary/aromatic N) is 3. The predicted octanol–water partition coefficient (Wildman–Crippen LogP) is -2.31. The highest BCUT2D eigenvalue weighted by atomic mass is 127. The first kappa shape index (κ1) is 23.2. The quantitative estimate of drug-likeness (QED) is 0.282. The van der Waals surface area contributed by atoms with Crippen molar-refractivity contribution in [3.05, 3.63) is 18.2 Å². The smallest absolute Gasteiger partial charge is 0.416 e. The third-order valence-electron chi connectivity index (χ3n) is 3.98. The molecule has 0 fully saturated rings. The van der Waals surface area contributed by atoms with Gasteiger partial charge >= 0.3 is 18.1 Å². The summed E-state index contributed by atoms with van der Waals surface area (Å²) in [5, 5.41) is 2.60. The molecule has 1 aliphatic rings. The van der Waals surface area contributed by atoms with Crippen LogP contribution in [0.3, 0.4) is 0 Å². The van der Waals surface area contributed by atoms with Crippen molar-refractivity contribution in [1.29, 1.82) is 0 Å². The predicted molar refractivity (Wildman–Crippen MR) is 91.5 cm³/mol. The van der Waals surface area contributed by atoms with Gasteiger partial charge in [-0.1, -0.05) is 0 Å². The molecule has 2 rings (SSSR count). The first-order valence-electron chi connectivity index (χ1n) is 8.62. The molecule has 0 aliphatic carbocycles. The van der Waals surface area contributed by atoms with E-state index < -0.39 is 23.7 Å². The lowest BCUT2D eigenvalue weighted by atomic mass is 10.1. The fourth-order valence-electron chi connectivity index (χ4n) is 2.78. The number of amides is 2. The first-order chi connectivity index (χ1) is 12.2. The van der Waals surface area contributed by atoms with E-state index >= 15 is 0 Å². The monoisotopic (exact) mass is 494 g/mol. The first-order valence-corrected chi connectivity index (χ1v) is 8.62. The number of esters is 1. The van der Waals surface area contributed by atoms with Crippen molar-refractivity contribution in [3.63, 3.8) is 0 Å². The molecule has 0 aromatic carbocycles. The van der Waals surface area contributed by atoms with Crippen LogP contribution in [0.1, 0.15) is 33.4 Å². The maximum atomic E-state index is 12.8. The van der Waals surface area contributed by atoms with Crippen LogP contribution in [-0.4, -0.2) is 59.4 Å². The lowest BCUT2D eigenvalue weighted by Crippen LogP contribution is -3.00. The number of carbonyl (C=O) groups excluding carboxylic acids is 3. The summed E-state index contributed by atoms with van der Waals surface area (Å²) in [6, 6.07) is -1.04. The summed E-state index contributed by atoms with van der Waals surface area (Å²) in [5.74, 6) is -0.480. The van der Waals surface area contributed by atoms with Crippen LogP contribution in [0, 0.1) is 0 Å². The number of aromatic nitrogens is 2. The topological polar surface area (TPSA) is 93.8 Å². The minimum absolute atomic E-state index is 0. The molecule has 0 saturated heterocycles. The fraction of sp³-hybridized carbons (Fsp3) is 0.647. The molecule has 0 radical (unpaired) electrons. The molecule has 1 aromatic rings. The zero-order valence-electron chi connectivity index (χ0n) is 16.3. The largest absolute Gasteiger partial charge is 1.00 e. The average Bonchev–Trinajstić information content (AvgIpc) is 2.98. The summed E-state index contributed by atoms with van der Waals surface area (Å²) in [4.78, 5) is 38.1. The van der Waals surface area contributed by atoms with Gasteiger partial charge in [0.25, 0.3) is 6.33 Å². The van der Waals surface area contributed by atoms with Gasteiger partial charge in [0.1, 0.15) is 17.8 Å². The highest BCUT2D eigenvalue weighted by molar-refractivity contribution is 5.87. The molecule has 2 amide bonds. The van der Waals surface area contributed by atoms with E-state index in [4.69, 9.17) is 9.47 Å². The Labute approximate surface area is 176 Å². The van der Waals surface area contributed by atoms with E-state index in [1.54, 1.807) is 27.1 Å². The summed E-state index contributed by atoms with van der Waals surface area (Å²) in [6.07, 6.45) is 3.35. The third kappa shape index (κ3) is 5.81. The number of hydrogen-bond acceptors (Lipinski definition) is 5. The van der Waals surface area contributed by atoms with Crippen LogP contribution in [0.5, 0.6) is 0 Å². The van der Waals surface area contributed by atoms with Crippen molar-refractivity contribution in [2.75, 3.05) is 20.2 Å². The minimum Gasteiger partial charge on any atom is -1.00 e. The molecule has 152 valence electrons. The van der Waals surface area contributed by atoms with Crippen LogP contribution in [0.4, 0.5) is 9.59 Å². The number of hydrogen-bond donors (Lipinski definition) is 1. The van der Waals surface area contributed by atoms with E-state index in [1.807, 2.05) is 17.7 Å². The van der Waals surface area contributed by atoms with Gasteiger partial charge < -0.3 is 38.8 Å². The summed E-state index contributed by atoms with van der Waals surface area (Å²) < 4.78 is 13.4. The molecule has 0 bridgehead atoms. The molecule has 27 heavy (non-hydrogen) atoms. The normalized spacial score (nSPS) is 16.3. The van der Waals surface area contributed by atoms with E-state index in [0.717, 1.165) is 12.2 Å². The zero-order chi connectivity index (χ0) is 19.5. The number of halogens is 1. The Morgan fingerprint density at radius 1 is 1.37 bits per heavy atom. The third-order valence-corrected chi connectivity index (χ3v) is 3.98. The van der Waals surface area contributed by atoms with Crippen LogP contribution in [0.15, 0.2) is 12.5 Å². The molecule has 1 aliphatic heterocycles. The van der Waals surface area contributed by atoms with Crippen LogP contribution in [-0.2, 0) is 27.2 Å². The SMILES string of the molecule is CC[n+]1cc2n(c1)C(=O)N(CCNC(=O)OC(C)(C)C)[C@H](C(=O)OC)C2.[I-]. The lowest BCUT2D eigenvalue weighted by Gasteiger charge is -2.31. The van der Waals surface area contributed by atoms with Gasteiger partial charge in [-0.3, -0.25) is 4.90 Å². The highest BCUT2D eigenvalue weighted by Gasteiger charge is 2.41. The van der Waals surface area contributed by atoms with Crippen molar-refractivity contribution >= 4 is 18.1 Å². The molecular formula is C17H27IN4O5. The standard InChI is InChI=1S/C17H26N4O5.HI/c1-6-19-10-12-9-13(14(22)25-5)20(16(24)21(12)11-19)8-7-18-15(23)26-17(2,3)4;/h10-11,13H,6-9H2,1-5H3;1H/t13-;/m0./s1. The van der Waals surface area contributed by atoms with Crippen molar-refractivity contribution in [3.8, 4) is 0 Å². The Hall–Kier alpha value is -1.85. The summed E-state index contributed by atoms with van der Waals surface area (Å²) in [6.45, 7) is 8.33. The number of carbonyl (C=O) groups is 3. The Kier molecular flexibility index (Phi) is 8.05. The van der Waals surface area contributed by atoms with Gasteiger partial charge in [-0.15, -0.1) is 4.57 Å². The molecule has 1 aromatic heterocycles. The second-order valence-corrected chi connectivity index (χ2v) is 7.08. The van der Waals surface area contributed by atoms with Gasteiger partial charge in [0, 0.05) is 19.5 Å². The maximum absolute atomic E-state index is 12.8. The van der Waals surface area contributed by atoms with E-state index in [-0.39, 0.29) is 43.1 Å². The second-order valence-electron chi connectivity index (χ2n) is 7.08. The summed E-state index contributed by atoms with van der Waals surface area (Å²) in [7, 11) is 1.30. The molecular weight excluding hydrogens is 467 g/mol. The van der Waals surface area contributed by atoms with Crippen molar-refractivity contribution < 1.29 is 52.4 Å². The molecule has 1 atom stereocenters. The van der Waals surface area contributed by atoms with E-state index in [0.29, 0.717) is 6.42 Å². The van der Waals surface area contributed by atoms with Crippen molar-refractivity contribution in [2.45, 2.75) is 52.3 Å². The molecule has 9 nitrogen and oxygen atoms in total. The number of nitrogens with one attached hydrogen (secondary N) is 1. The van der Waals surface area contributed by atoms with Crippen molar-refractivity contribution in [1.82, 2.24) is 14.8 Å². The number of aryl methyl sites for hydroxylation is 1. The van der Waals surface area contributed by atoms with E-state index in [2.05, 4.69) is 5.32 Å². The van der Waals surface area contributed by atoms with Crippen LogP contribution in [0.25, 0.3) is 0 Å². The molecule has 0 unspecified atom stereocenters. The molecule has 0 saturated carbocycles. The Morgan fingerprint density at radius 3 is 2.59 bits per heavy atom. The molecule has 10 heteroatoms. The Balaban J connectivity index is 0.00000364. The average molecular weight is 494 g/mol. The van der Waals surface area contributed by atoms with Crippen LogP contribution in [0.2, 0.25) is 0 Å². The zero-order valence-corrected chi connectivity index (χ0v) is 18.5. The fourth-order valence-corrected chi connectivity index (χ4v) is 2.78. The Bertz CT molecular complexity index is 698. The van der Waals surface area contributed by atoms with Gasteiger partial charge in [0.05, 0.1) is 13.7 Å². The molecule has 2 heterocycles. The number of fused-ring (bicyclic) bond motifs is 1. The molecule has 1 N–H and O–H groups in total. The van der Waals surface area contributed by atoms with Gasteiger partial charge in [-0.2, -0.15) is 0 Å². The number of alkyl carbamates (subject to hydrolysis) is 1. The lowest BCUT2D eigenvalue weighted by molar-refractivity contribution is -0.692. The van der Waals surface area contributed by atoms with Crippen molar-refractivity contribution in [2.24, 2.45) is 0 Å². The second kappa shape index (κ2) is 9.38. The summed E-state index contributed by atoms with van der Waals surface area (Å²) >= 11 is 0. The molecule has 0 spiro atoms.